The number of carbonyl (C=O) groups excluding carboxylic acids is 2. The number of Topliss-reactive ketones (excluding diaryl/α,β-unsaturated/α-hetero) is 1. The van der Waals surface area contributed by atoms with Crippen molar-refractivity contribution in [3.8, 4) is 0 Å². The topological polar surface area (TPSA) is 83.1 Å². The van der Waals surface area contributed by atoms with Crippen molar-refractivity contribution in [2.24, 2.45) is 11.3 Å². The van der Waals surface area contributed by atoms with E-state index in [1.165, 1.54) is 0 Å². The lowest BCUT2D eigenvalue weighted by Crippen LogP contribution is -2.68. The minimum atomic E-state index is -0.371. The molecule has 1 saturated heterocycles. The number of pyridine rings is 1. The number of nitrogens with one attached hydrogen (secondary N) is 3. The molecule has 28 heavy (non-hydrogen) atoms. The Morgan fingerprint density at radius 1 is 1.18 bits per heavy atom. The lowest BCUT2D eigenvalue weighted by atomic mass is 9.66. The summed E-state index contributed by atoms with van der Waals surface area (Å²) in [6.45, 7) is 6.39. The zero-order valence-corrected chi connectivity index (χ0v) is 17.4. The van der Waals surface area contributed by atoms with Crippen molar-refractivity contribution in [2.75, 3.05) is 5.75 Å². The molecule has 1 aromatic rings. The second kappa shape index (κ2) is 7.52. The summed E-state index contributed by atoms with van der Waals surface area (Å²) >= 11 is 1.71. The van der Waals surface area contributed by atoms with Gasteiger partial charge in [0.2, 0.25) is 5.91 Å². The molecule has 7 heteroatoms. The molecule has 4 atom stereocenters. The molecule has 2 aliphatic heterocycles. The fourth-order valence-electron chi connectivity index (χ4n) is 4.62. The van der Waals surface area contributed by atoms with E-state index in [4.69, 9.17) is 0 Å². The van der Waals surface area contributed by atoms with Crippen LogP contribution in [-0.2, 0) is 9.59 Å². The van der Waals surface area contributed by atoms with Crippen LogP contribution in [0.3, 0.4) is 0 Å². The Morgan fingerprint density at radius 2 is 1.93 bits per heavy atom. The van der Waals surface area contributed by atoms with E-state index in [0.29, 0.717) is 6.42 Å². The predicted molar refractivity (Wildman–Crippen MR) is 110 cm³/mol. The Hall–Kier alpha value is -1.86. The normalized spacial score (nSPS) is 31.5. The van der Waals surface area contributed by atoms with Crippen LogP contribution in [-0.4, -0.2) is 34.1 Å². The van der Waals surface area contributed by atoms with E-state index in [1.807, 2.05) is 12.1 Å². The maximum atomic E-state index is 13.1. The monoisotopic (exact) mass is 400 g/mol. The summed E-state index contributed by atoms with van der Waals surface area (Å²) in [6, 6.07) is 3.85. The second-order valence-electron chi connectivity index (χ2n) is 8.67. The number of rotatable bonds is 4. The highest BCUT2D eigenvalue weighted by Crippen LogP contribution is 2.47. The molecule has 0 saturated carbocycles. The fourth-order valence-corrected chi connectivity index (χ4v) is 5.54. The van der Waals surface area contributed by atoms with Gasteiger partial charge in [-0.3, -0.25) is 19.9 Å². The summed E-state index contributed by atoms with van der Waals surface area (Å²) in [4.78, 5) is 30.4. The Labute approximate surface area is 170 Å². The third-order valence-corrected chi connectivity index (χ3v) is 6.97. The molecule has 3 heterocycles. The van der Waals surface area contributed by atoms with Gasteiger partial charge in [0.05, 0.1) is 12.1 Å². The number of hydrogen-bond donors (Lipinski definition) is 3. The van der Waals surface area contributed by atoms with Crippen LogP contribution in [0, 0.1) is 11.3 Å². The molecule has 4 unspecified atom stereocenters. The van der Waals surface area contributed by atoms with Gasteiger partial charge in [0, 0.05) is 36.0 Å². The van der Waals surface area contributed by atoms with E-state index in [9.17, 15) is 9.59 Å². The molecule has 0 spiro atoms. The van der Waals surface area contributed by atoms with Gasteiger partial charge in [0.15, 0.2) is 5.78 Å². The van der Waals surface area contributed by atoms with Crippen LogP contribution in [0.5, 0.6) is 0 Å². The van der Waals surface area contributed by atoms with E-state index in [-0.39, 0.29) is 40.6 Å². The van der Waals surface area contributed by atoms with Gasteiger partial charge in [-0.05, 0) is 41.7 Å². The van der Waals surface area contributed by atoms with Crippen molar-refractivity contribution in [3.63, 3.8) is 0 Å². The predicted octanol–water partition coefficient (Wildman–Crippen LogP) is 2.50. The first-order valence-corrected chi connectivity index (χ1v) is 11.1. The van der Waals surface area contributed by atoms with E-state index >= 15 is 0 Å². The number of amides is 1. The molecular weight excluding hydrogens is 372 g/mol. The summed E-state index contributed by atoms with van der Waals surface area (Å²) in [5, 5.41) is 10.2. The summed E-state index contributed by atoms with van der Waals surface area (Å²) < 4.78 is 0. The zero-order valence-electron chi connectivity index (χ0n) is 16.6. The zero-order chi connectivity index (χ0) is 19.9. The van der Waals surface area contributed by atoms with Gasteiger partial charge < -0.3 is 10.6 Å². The Balaban J connectivity index is 1.75. The molecule has 0 radical (unpaired) electrons. The molecule has 1 aromatic heterocycles. The van der Waals surface area contributed by atoms with Crippen molar-refractivity contribution < 1.29 is 9.59 Å². The highest BCUT2D eigenvalue weighted by Gasteiger charge is 2.50. The van der Waals surface area contributed by atoms with Gasteiger partial charge in [0.25, 0.3) is 0 Å². The largest absolute Gasteiger partial charge is 0.372 e. The smallest absolute Gasteiger partial charge is 0.229 e. The van der Waals surface area contributed by atoms with Crippen molar-refractivity contribution in [3.05, 3.63) is 41.4 Å². The number of fused-ring (bicyclic) bond motifs is 1. The number of thioether (sulfide) groups is 1. The molecular formula is C21H28N4O2S. The lowest BCUT2D eigenvalue weighted by molar-refractivity contribution is -0.130. The summed E-state index contributed by atoms with van der Waals surface area (Å²) in [5.41, 5.74) is 2.55. The SMILES string of the molecule is CCCSC1NC(=O)C2C(NC3=C(C(=O)CC(C)(C)C3)C2c2ccncc2)N1. The number of hydrogen-bond acceptors (Lipinski definition) is 6. The molecule has 0 bridgehead atoms. The average Bonchev–Trinajstić information content (AvgIpc) is 2.64. The van der Waals surface area contributed by atoms with Gasteiger partial charge in [-0.1, -0.05) is 20.8 Å². The van der Waals surface area contributed by atoms with E-state index in [1.54, 1.807) is 24.2 Å². The van der Waals surface area contributed by atoms with Crippen LogP contribution >= 0.6 is 11.8 Å². The molecule has 4 rings (SSSR count). The molecule has 1 amide bonds. The van der Waals surface area contributed by atoms with E-state index < -0.39 is 0 Å². The van der Waals surface area contributed by atoms with Crippen LogP contribution in [0.1, 0.15) is 51.5 Å². The first-order chi connectivity index (χ1) is 13.4. The molecule has 1 aliphatic carbocycles. The molecule has 1 fully saturated rings. The van der Waals surface area contributed by atoms with Crippen molar-refractivity contribution in [1.82, 2.24) is 20.9 Å². The van der Waals surface area contributed by atoms with Crippen LogP contribution in [0.15, 0.2) is 35.8 Å². The van der Waals surface area contributed by atoms with Gasteiger partial charge in [-0.15, -0.1) is 11.8 Å². The molecule has 6 nitrogen and oxygen atoms in total. The van der Waals surface area contributed by atoms with Crippen molar-refractivity contribution in [2.45, 2.75) is 57.6 Å². The van der Waals surface area contributed by atoms with Crippen molar-refractivity contribution in [1.29, 1.82) is 0 Å². The molecule has 150 valence electrons. The van der Waals surface area contributed by atoms with Crippen LogP contribution in [0.4, 0.5) is 0 Å². The maximum absolute atomic E-state index is 13.1. The van der Waals surface area contributed by atoms with Gasteiger partial charge in [-0.2, -0.15) is 0 Å². The molecule has 3 aliphatic rings. The second-order valence-corrected chi connectivity index (χ2v) is 9.88. The first-order valence-electron chi connectivity index (χ1n) is 10.0. The third kappa shape index (κ3) is 3.57. The lowest BCUT2D eigenvalue weighted by Gasteiger charge is -2.48. The van der Waals surface area contributed by atoms with Crippen LogP contribution in [0.2, 0.25) is 0 Å². The number of nitrogens with zero attached hydrogens (tertiary/aromatic N) is 1. The minimum Gasteiger partial charge on any atom is -0.372 e. The number of ketones is 1. The summed E-state index contributed by atoms with van der Waals surface area (Å²) in [6.07, 6.45) is 5.65. The van der Waals surface area contributed by atoms with E-state index in [2.05, 4.69) is 41.7 Å². The minimum absolute atomic E-state index is 0.00384. The fraction of sp³-hybridized carbons (Fsp3) is 0.571. The summed E-state index contributed by atoms with van der Waals surface area (Å²) in [7, 11) is 0. The molecule has 3 N–H and O–H groups in total. The van der Waals surface area contributed by atoms with Gasteiger partial charge in [-0.25, -0.2) is 0 Å². The highest BCUT2D eigenvalue weighted by atomic mass is 32.2. The van der Waals surface area contributed by atoms with E-state index in [0.717, 1.165) is 35.4 Å². The third-order valence-electron chi connectivity index (χ3n) is 5.74. The van der Waals surface area contributed by atoms with Gasteiger partial charge >= 0.3 is 0 Å². The number of carbonyl (C=O) groups is 2. The molecule has 0 aromatic carbocycles. The maximum Gasteiger partial charge on any atom is 0.229 e. The Morgan fingerprint density at radius 3 is 2.64 bits per heavy atom. The quantitative estimate of drug-likeness (QED) is 0.720. The summed E-state index contributed by atoms with van der Waals surface area (Å²) in [5.74, 6) is 0.496. The average molecular weight is 401 g/mol. The van der Waals surface area contributed by atoms with Crippen LogP contribution in [0.25, 0.3) is 0 Å². The number of allylic oxidation sites excluding steroid dienone is 2. The number of aromatic nitrogens is 1. The Kier molecular flexibility index (Phi) is 5.22. The van der Waals surface area contributed by atoms with Crippen LogP contribution < -0.4 is 16.0 Å². The first kappa shape index (κ1) is 19.5. The Bertz CT molecular complexity index is 808. The standard InChI is InChI=1S/C21H28N4O2S/c1-4-9-28-20-24-18-17(19(27)25-20)15(12-5-7-22-8-6-12)16-13(23-18)10-21(2,3)11-14(16)26/h5-8,15,17-18,20,23-24H,4,9-11H2,1-3H3,(H,25,27). The van der Waals surface area contributed by atoms with Crippen molar-refractivity contribution >= 4 is 23.5 Å². The van der Waals surface area contributed by atoms with Gasteiger partial charge in [0.1, 0.15) is 5.50 Å². The highest BCUT2D eigenvalue weighted by molar-refractivity contribution is 7.99.